The molecular weight excluding hydrogens is 136 g/mol. The third kappa shape index (κ3) is 1.30. The normalized spacial score (nSPS) is 31.4. The fourth-order valence-electron chi connectivity index (χ4n) is 2.39. The smallest absolute Gasteiger partial charge is 0.0183 e. The van der Waals surface area contributed by atoms with Crippen LogP contribution in [0.3, 0.4) is 0 Å². The lowest BCUT2D eigenvalue weighted by molar-refractivity contribution is 0.124. The lowest BCUT2D eigenvalue weighted by atomic mass is 9.66. The molecule has 0 unspecified atom stereocenters. The molecule has 0 aromatic heterocycles. The third-order valence-electron chi connectivity index (χ3n) is 3.44. The number of nitrogens with one attached hydrogen (secondary N) is 1. The summed E-state index contributed by atoms with van der Waals surface area (Å²) in [5.74, 6) is 0.817. The zero-order chi connectivity index (χ0) is 7.73. The van der Waals surface area contributed by atoms with E-state index in [-0.39, 0.29) is 5.54 Å². The van der Waals surface area contributed by atoms with Crippen LogP contribution in [-0.2, 0) is 0 Å². The first kappa shape index (κ1) is 7.56. The summed E-state index contributed by atoms with van der Waals surface area (Å²) in [7, 11) is 0. The zero-order valence-electron chi connectivity index (χ0n) is 7.10. The van der Waals surface area contributed by atoms with Crippen LogP contribution in [-0.4, -0.2) is 18.6 Å². The van der Waals surface area contributed by atoms with Crippen molar-refractivity contribution >= 4 is 0 Å². The average Bonchev–Trinajstić information content (AvgIpc) is 2.02. The molecule has 0 bridgehead atoms. The van der Waals surface area contributed by atoms with Crippen molar-refractivity contribution in [3.63, 3.8) is 0 Å². The Hall–Kier alpha value is -0.0800. The van der Waals surface area contributed by atoms with Gasteiger partial charge in [-0.2, -0.15) is 0 Å². The van der Waals surface area contributed by atoms with Crippen molar-refractivity contribution in [1.82, 2.24) is 5.32 Å². The molecule has 3 N–H and O–H groups in total. The third-order valence-corrected chi connectivity index (χ3v) is 3.44. The lowest BCUT2D eigenvalue weighted by Gasteiger charge is -2.46. The Morgan fingerprint density at radius 2 is 1.82 bits per heavy atom. The highest BCUT2D eigenvalue weighted by atomic mass is 14.9. The molecule has 2 heteroatoms. The van der Waals surface area contributed by atoms with Crippen LogP contribution in [0.15, 0.2) is 0 Å². The molecule has 1 saturated heterocycles. The molecule has 0 aromatic rings. The molecule has 0 amide bonds. The molecule has 0 spiro atoms. The average molecular weight is 154 g/mol. The predicted molar refractivity (Wildman–Crippen MR) is 46.4 cm³/mol. The van der Waals surface area contributed by atoms with Gasteiger partial charge < -0.3 is 11.1 Å². The van der Waals surface area contributed by atoms with Crippen LogP contribution in [0.5, 0.6) is 0 Å². The van der Waals surface area contributed by atoms with Crippen LogP contribution in [0.25, 0.3) is 0 Å². The van der Waals surface area contributed by atoms with E-state index in [4.69, 9.17) is 5.73 Å². The number of nitrogens with two attached hydrogens (primary N) is 1. The number of rotatable bonds is 1. The molecule has 0 radical (unpaired) electrons. The topological polar surface area (TPSA) is 38.0 Å². The molecule has 1 aliphatic carbocycles. The molecule has 0 atom stereocenters. The number of piperidine rings is 1. The fourth-order valence-corrected chi connectivity index (χ4v) is 2.39. The number of hydrogen-bond acceptors (Lipinski definition) is 2. The molecule has 1 saturated carbocycles. The van der Waals surface area contributed by atoms with Gasteiger partial charge in [-0.15, -0.1) is 0 Å². The molecule has 0 aromatic carbocycles. The van der Waals surface area contributed by atoms with Crippen molar-refractivity contribution in [2.75, 3.05) is 13.1 Å². The second kappa shape index (κ2) is 2.76. The summed E-state index contributed by atoms with van der Waals surface area (Å²) in [6, 6.07) is 0. The SMILES string of the molecule is NC1(C2CCNCC2)CCC1. The Bertz CT molecular complexity index is 134. The van der Waals surface area contributed by atoms with E-state index in [0.717, 1.165) is 5.92 Å². The molecule has 2 rings (SSSR count). The molecule has 1 heterocycles. The van der Waals surface area contributed by atoms with Gasteiger partial charge in [0.15, 0.2) is 0 Å². The van der Waals surface area contributed by atoms with Gasteiger partial charge in [0.25, 0.3) is 0 Å². The van der Waals surface area contributed by atoms with Crippen LogP contribution < -0.4 is 11.1 Å². The van der Waals surface area contributed by atoms with Crippen molar-refractivity contribution in [1.29, 1.82) is 0 Å². The second-order valence-corrected chi connectivity index (χ2v) is 4.11. The summed E-state index contributed by atoms with van der Waals surface area (Å²) >= 11 is 0. The van der Waals surface area contributed by atoms with E-state index in [1.165, 1.54) is 45.2 Å². The molecule has 2 nitrogen and oxygen atoms in total. The second-order valence-electron chi connectivity index (χ2n) is 4.11. The zero-order valence-corrected chi connectivity index (χ0v) is 7.10. The first-order valence-electron chi connectivity index (χ1n) is 4.81. The maximum absolute atomic E-state index is 6.25. The molecule has 11 heavy (non-hydrogen) atoms. The van der Waals surface area contributed by atoms with Gasteiger partial charge in [0, 0.05) is 5.54 Å². The van der Waals surface area contributed by atoms with Gasteiger partial charge in [-0.05, 0) is 51.1 Å². The minimum absolute atomic E-state index is 0.252. The van der Waals surface area contributed by atoms with Crippen molar-refractivity contribution in [2.45, 2.75) is 37.6 Å². The Morgan fingerprint density at radius 3 is 2.27 bits per heavy atom. The summed E-state index contributed by atoms with van der Waals surface area (Å²) in [5.41, 5.74) is 6.50. The summed E-state index contributed by atoms with van der Waals surface area (Å²) in [6.45, 7) is 2.37. The van der Waals surface area contributed by atoms with E-state index in [1.807, 2.05) is 0 Å². The van der Waals surface area contributed by atoms with E-state index >= 15 is 0 Å². The first-order valence-corrected chi connectivity index (χ1v) is 4.81. The quantitative estimate of drug-likeness (QED) is 0.588. The minimum atomic E-state index is 0.252. The van der Waals surface area contributed by atoms with E-state index < -0.39 is 0 Å². The van der Waals surface area contributed by atoms with Crippen LogP contribution in [0, 0.1) is 5.92 Å². The first-order chi connectivity index (χ1) is 5.31. The Morgan fingerprint density at radius 1 is 1.18 bits per heavy atom. The van der Waals surface area contributed by atoms with Crippen molar-refractivity contribution in [3.05, 3.63) is 0 Å². The van der Waals surface area contributed by atoms with E-state index in [2.05, 4.69) is 5.32 Å². The summed E-state index contributed by atoms with van der Waals surface area (Å²) in [5, 5.41) is 3.38. The molecule has 64 valence electrons. The van der Waals surface area contributed by atoms with Crippen molar-refractivity contribution in [2.24, 2.45) is 11.7 Å². The van der Waals surface area contributed by atoms with Gasteiger partial charge in [-0.3, -0.25) is 0 Å². The van der Waals surface area contributed by atoms with Gasteiger partial charge >= 0.3 is 0 Å². The highest BCUT2D eigenvalue weighted by molar-refractivity contribution is 4.99. The van der Waals surface area contributed by atoms with E-state index in [1.54, 1.807) is 0 Å². The van der Waals surface area contributed by atoms with Crippen molar-refractivity contribution in [3.8, 4) is 0 Å². The van der Waals surface area contributed by atoms with Gasteiger partial charge in [0.05, 0.1) is 0 Å². The molecular formula is C9H18N2. The maximum atomic E-state index is 6.25. The van der Waals surface area contributed by atoms with E-state index in [0.29, 0.717) is 0 Å². The molecule has 2 fully saturated rings. The highest BCUT2D eigenvalue weighted by Gasteiger charge is 2.40. The van der Waals surface area contributed by atoms with Crippen molar-refractivity contribution < 1.29 is 0 Å². The summed E-state index contributed by atoms with van der Waals surface area (Å²) < 4.78 is 0. The predicted octanol–water partition coefficient (Wildman–Crippen LogP) is 0.867. The Balaban J connectivity index is 1.91. The summed E-state index contributed by atoms with van der Waals surface area (Å²) in [4.78, 5) is 0. The van der Waals surface area contributed by atoms with E-state index in [9.17, 15) is 0 Å². The highest BCUT2D eigenvalue weighted by Crippen LogP contribution is 2.39. The lowest BCUT2D eigenvalue weighted by Crippen LogP contribution is -2.55. The van der Waals surface area contributed by atoms with Crippen LogP contribution in [0.1, 0.15) is 32.1 Å². The Labute approximate surface area is 68.5 Å². The standard InChI is InChI=1S/C9H18N2/c10-9(4-1-5-9)8-2-6-11-7-3-8/h8,11H,1-7,10H2. The monoisotopic (exact) mass is 154 g/mol. The van der Waals surface area contributed by atoms with Gasteiger partial charge in [0.2, 0.25) is 0 Å². The number of hydrogen-bond donors (Lipinski definition) is 2. The van der Waals surface area contributed by atoms with Gasteiger partial charge in [0.1, 0.15) is 0 Å². The fraction of sp³-hybridized carbons (Fsp3) is 1.00. The maximum Gasteiger partial charge on any atom is 0.0183 e. The van der Waals surface area contributed by atoms with Gasteiger partial charge in [-0.1, -0.05) is 0 Å². The van der Waals surface area contributed by atoms with Crippen LogP contribution in [0.2, 0.25) is 0 Å². The molecule has 2 aliphatic rings. The van der Waals surface area contributed by atoms with Crippen LogP contribution >= 0.6 is 0 Å². The Kier molecular flexibility index (Phi) is 1.90. The van der Waals surface area contributed by atoms with Crippen LogP contribution in [0.4, 0.5) is 0 Å². The molecule has 1 aliphatic heterocycles. The summed E-state index contributed by atoms with van der Waals surface area (Å²) in [6.07, 6.45) is 6.52. The largest absolute Gasteiger partial charge is 0.325 e. The minimum Gasteiger partial charge on any atom is -0.325 e. The van der Waals surface area contributed by atoms with Gasteiger partial charge in [-0.25, -0.2) is 0 Å².